The Morgan fingerprint density at radius 2 is 1.41 bits per heavy atom. The molecule has 14 heteroatoms. The number of carbonyl (C=O) groups excluding carboxylic acids is 3. The number of rotatable bonds is 15. The second kappa shape index (κ2) is 13.4. The SMILES string of the molecule is CC(C)[C@H](NC(=O)[C@H](CC(=O)O)NC(=O)[C@@H](NC(=O)[C@@H](N)CCC(=O)O)C(C)(C)CO)C(=O)O. The van der Waals surface area contributed by atoms with Gasteiger partial charge in [-0.25, -0.2) is 4.79 Å². The topological polar surface area (TPSA) is 245 Å². The Bertz CT molecular complexity index is 783. The zero-order valence-corrected chi connectivity index (χ0v) is 19.5. The highest BCUT2D eigenvalue weighted by molar-refractivity contribution is 5.96. The maximum absolute atomic E-state index is 13.0. The standard InChI is InChI=1S/C20H34N4O10/c1-9(2)14(19(33)34)23-17(31)11(7-13(28)29)22-18(32)15(20(3,4)8-25)24-16(30)10(21)5-6-12(26)27/h9-11,14-15,25H,5-8,21H2,1-4H3,(H,22,32)(H,23,31)(H,24,30)(H,26,27)(H,28,29)(H,33,34)/t10-,11-,14-,15+/m0/s1. The first-order chi connectivity index (χ1) is 15.5. The van der Waals surface area contributed by atoms with Gasteiger partial charge in [0.1, 0.15) is 18.1 Å². The summed E-state index contributed by atoms with van der Waals surface area (Å²) in [5.41, 5.74) is 4.35. The second-order valence-corrected chi connectivity index (χ2v) is 8.85. The first-order valence-corrected chi connectivity index (χ1v) is 10.5. The Hall–Kier alpha value is -3.26. The molecule has 0 unspecified atom stereocenters. The van der Waals surface area contributed by atoms with Crippen molar-refractivity contribution in [3.63, 3.8) is 0 Å². The van der Waals surface area contributed by atoms with Crippen LogP contribution in [0.15, 0.2) is 0 Å². The van der Waals surface area contributed by atoms with Crippen LogP contribution < -0.4 is 21.7 Å². The summed E-state index contributed by atoms with van der Waals surface area (Å²) in [6.45, 7) is 5.25. The van der Waals surface area contributed by atoms with Gasteiger partial charge in [0, 0.05) is 11.8 Å². The summed E-state index contributed by atoms with van der Waals surface area (Å²) >= 11 is 0. The molecule has 0 spiro atoms. The summed E-state index contributed by atoms with van der Waals surface area (Å²) in [6.07, 6.45) is -1.53. The molecule has 194 valence electrons. The molecule has 0 radical (unpaired) electrons. The number of aliphatic hydroxyl groups is 1. The van der Waals surface area contributed by atoms with E-state index >= 15 is 0 Å². The average Bonchev–Trinajstić information content (AvgIpc) is 2.71. The van der Waals surface area contributed by atoms with E-state index in [2.05, 4.69) is 16.0 Å². The highest BCUT2D eigenvalue weighted by Gasteiger charge is 2.39. The van der Waals surface area contributed by atoms with E-state index in [1.165, 1.54) is 27.7 Å². The maximum Gasteiger partial charge on any atom is 0.326 e. The van der Waals surface area contributed by atoms with Crippen molar-refractivity contribution in [2.45, 2.75) is 71.1 Å². The zero-order chi connectivity index (χ0) is 26.8. The van der Waals surface area contributed by atoms with Crippen LogP contribution in [0.5, 0.6) is 0 Å². The highest BCUT2D eigenvalue weighted by Crippen LogP contribution is 2.21. The van der Waals surface area contributed by atoms with Crippen LogP contribution in [0.4, 0.5) is 0 Å². The van der Waals surface area contributed by atoms with E-state index in [1.54, 1.807) is 0 Å². The number of nitrogens with two attached hydrogens (primary N) is 1. The van der Waals surface area contributed by atoms with E-state index < -0.39 is 90.6 Å². The fourth-order valence-electron chi connectivity index (χ4n) is 2.77. The van der Waals surface area contributed by atoms with E-state index in [4.69, 9.17) is 15.9 Å². The molecule has 0 heterocycles. The summed E-state index contributed by atoms with van der Waals surface area (Å²) in [5, 5.41) is 43.5. The van der Waals surface area contributed by atoms with Crippen LogP contribution in [0.1, 0.15) is 47.0 Å². The lowest BCUT2D eigenvalue weighted by molar-refractivity contribution is -0.145. The predicted octanol–water partition coefficient (Wildman–Crippen LogP) is -2.13. The number of hydrogen-bond donors (Lipinski definition) is 8. The van der Waals surface area contributed by atoms with Gasteiger partial charge < -0.3 is 42.1 Å². The van der Waals surface area contributed by atoms with Crippen molar-refractivity contribution in [2.75, 3.05) is 6.61 Å². The average molecular weight is 491 g/mol. The Morgan fingerprint density at radius 3 is 1.82 bits per heavy atom. The van der Waals surface area contributed by atoms with Crippen molar-refractivity contribution in [2.24, 2.45) is 17.1 Å². The zero-order valence-electron chi connectivity index (χ0n) is 19.5. The van der Waals surface area contributed by atoms with Gasteiger partial charge in [-0.15, -0.1) is 0 Å². The molecule has 4 atom stereocenters. The van der Waals surface area contributed by atoms with E-state index in [1.807, 2.05) is 0 Å². The molecule has 0 aliphatic heterocycles. The van der Waals surface area contributed by atoms with Gasteiger partial charge in [-0.2, -0.15) is 0 Å². The smallest absolute Gasteiger partial charge is 0.326 e. The molecular weight excluding hydrogens is 456 g/mol. The monoisotopic (exact) mass is 490 g/mol. The van der Waals surface area contributed by atoms with E-state index in [-0.39, 0.29) is 6.42 Å². The van der Waals surface area contributed by atoms with E-state index in [0.29, 0.717) is 0 Å². The number of nitrogens with one attached hydrogen (secondary N) is 3. The van der Waals surface area contributed by atoms with Gasteiger partial charge in [-0.1, -0.05) is 27.7 Å². The molecule has 0 fully saturated rings. The number of hydrogen-bond acceptors (Lipinski definition) is 8. The summed E-state index contributed by atoms with van der Waals surface area (Å²) in [6, 6.07) is -5.83. The van der Waals surface area contributed by atoms with Crippen LogP contribution in [0.2, 0.25) is 0 Å². The third-order valence-corrected chi connectivity index (χ3v) is 4.99. The second-order valence-electron chi connectivity index (χ2n) is 8.85. The van der Waals surface area contributed by atoms with Crippen molar-refractivity contribution in [3.8, 4) is 0 Å². The number of carboxylic acid groups (broad SMARTS) is 3. The Morgan fingerprint density at radius 1 is 0.853 bits per heavy atom. The van der Waals surface area contributed by atoms with Crippen molar-refractivity contribution >= 4 is 35.6 Å². The molecule has 0 aromatic rings. The predicted molar refractivity (Wildman–Crippen MR) is 116 cm³/mol. The fraction of sp³-hybridized carbons (Fsp3) is 0.700. The van der Waals surface area contributed by atoms with Crippen LogP contribution >= 0.6 is 0 Å². The molecule has 34 heavy (non-hydrogen) atoms. The van der Waals surface area contributed by atoms with Gasteiger partial charge in [0.25, 0.3) is 0 Å². The minimum absolute atomic E-state index is 0.231. The first-order valence-electron chi connectivity index (χ1n) is 10.5. The fourth-order valence-corrected chi connectivity index (χ4v) is 2.77. The summed E-state index contributed by atoms with van der Waals surface area (Å²) < 4.78 is 0. The highest BCUT2D eigenvalue weighted by atomic mass is 16.4. The van der Waals surface area contributed by atoms with Crippen LogP contribution in [-0.2, 0) is 28.8 Å². The summed E-state index contributed by atoms with van der Waals surface area (Å²) in [5.74, 6) is -7.54. The summed E-state index contributed by atoms with van der Waals surface area (Å²) in [7, 11) is 0. The molecule has 0 aromatic carbocycles. The van der Waals surface area contributed by atoms with E-state index in [9.17, 15) is 39.0 Å². The minimum Gasteiger partial charge on any atom is -0.481 e. The van der Waals surface area contributed by atoms with Crippen LogP contribution in [-0.4, -0.2) is 86.8 Å². The van der Waals surface area contributed by atoms with Crippen molar-refractivity contribution < 1.29 is 49.2 Å². The lowest BCUT2D eigenvalue weighted by atomic mass is 9.84. The number of aliphatic carboxylic acids is 3. The normalized spacial score (nSPS) is 14.9. The summed E-state index contributed by atoms with van der Waals surface area (Å²) in [4.78, 5) is 71.2. The third kappa shape index (κ3) is 10.1. The van der Waals surface area contributed by atoms with Crippen LogP contribution in [0, 0.1) is 11.3 Å². The van der Waals surface area contributed by atoms with Crippen LogP contribution in [0.3, 0.4) is 0 Å². The largest absolute Gasteiger partial charge is 0.481 e. The van der Waals surface area contributed by atoms with E-state index in [0.717, 1.165) is 0 Å². The Kier molecular flexibility index (Phi) is 12.2. The molecule has 0 aromatic heterocycles. The van der Waals surface area contributed by atoms with Crippen molar-refractivity contribution in [1.29, 1.82) is 0 Å². The lowest BCUT2D eigenvalue weighted by Crippen LogP contribution is -2.62. The third-order valence-electron chi connectivity index (χ3n) is 4.99. The molecule has 0 rings (SSSR count). The molecule has 0 saturated heterocycles. The van der Waals surface area contributed by atoms with Gasteiger partial charge in [0.05, 0.1) is 19.1 Å². The number of carboxylic acids is 3. The molecule has 3 amide bonds. The molecule has 0 bridgehead atoms. The number of amides is 3. The molecular formula is C20H34N4O10. The van der Waals surface area contributed by atoms with Gasteiger partial charge in [-0.3, -0.25) is 24.0 Å². The lowest BCUT2D eigenvalue weighted by Gasteiger charge is -2.34. The van der Waals surface area contributed by atoms with Crippen molar-refractivity contribution in [3.05, 3.63) is 0 Å². The molecule has 0 aliphatic carbocycles. The molecule has 0 aliphatic rings. The molecule has 0 saturated carbocycles. The quantitative estimate of drug-likeness (QED) is 0.123. The van der Waals surface area contributed by atoms with Crippen molar-refractivity contribution in [1.82, 2.24) is 16.0 Å². The minimum atomic E-state index is -1.69. The first kappa shape index (κ1) is 30.7. The van der Waals surface area contributed by atoms with Gasteiger partial charge in [0.2, 0.25) is 17.7 Å². The molecule has 14 nitrogen and oxygen atoms in total. The van der Waals surface area contributed by atoms with Gasteiger partial charge >= 0.3 is 17.9 Å². The number of carbonyl (C=O) groups is 6. The molecule has 9 N–H and O–H groups in total. The van der Waals surface area contributed by atoms with Gasteiger partial charge in [-0.05, 0) is 12.3 Å². The maximum atomic E-state index is 13.0. The Balaban J connectivity index is 5.74. The van der Waals surface area contributed by atoms with Gasteiger partial charge in [0.15, 0.2) is 0 Å². The Labute approximate surface area is 196 Å². The number of aliphatic hydroxyl groups excluding tert-OH is 1. The van der Waals surface area contributed by atoms with Crippen LogP contribution in [0.25, 0.3) is 0 Å².